The minimum absolute atomic E-state index is 0.0669. The minimum Gasteiger partial charge on any atom is -0.341 e. The van der Waals surface area contributed by atoms with Crippen LogP contribution in [0.2, 0.25) is 0 Å². The van der Waals surface area contributed by atoms with E-state index in [1.54, 1.807) is 48.5 Å². The van der Waals surface area contributed by atoms with Crippen LogP contribution in [0.3, 0.4) is 0 Å². The highest BCUT2D eigenvalue weighted by atomic mass is 16.2. The number of nitrogens with zero attached hydrogens (tertiary/aromatic N) is 1. The summed E-state index contributed by atoms with van der Waals surface area (Å²) in [4.78, 5) is 41.2. The Kier molecular flexibility index (Phi) is 7.71. The van der Waals surface area contributed by atoms with Gasteiger partial charge in [0.15, 0.2) is 0 Å². The van der Waals surface area contributed by atoms with E-state index in [1.807, 2.05) is 41.3 Å². The van der Waals surface area contributed by atoms with Gasteiger partial charge < -0.3 is 15.5 Å². The summed E-state index contributed by atoms with van der Waals surface area (Å²) in [7, 11) is 0. The Labute approximate surface area is 200 Å². The lowest BCUT2D eigenvalue weighted by atomic mass is 10.0. The van der Waals surface area contributed by atoms with E-state index in [2.05, 4.69) is 10.6 Å². The SMILES string of the molecule is O=C(Nc1ccccc1C(=O)N[C@H](Cc1ccccc1)C(=O)N1CCCCC1)c1ccccc1. The van der Waals surface area contributed by atoms with Crippen LogP contribution in [0, 0.1) is 0 Å². The molecule has 6 nitrogen and oxygen atoms in total. The molecule has 1 aliphatic heterocycles. The van der Waals surface area contributed by atoms with Gasteiger partial charge in [-0.1, -0.05) is 60.7 Å². The number of benzene rings is 3. The molecule has 34 heavy (non-hydrogen) atoms. The van der Waals surface area contributed by atoms with Crippen LogP contribution < -0.4 is 10.6 Å². The molecule has 3 aromatic rings. The van der Waals surface area contributed by atoms with Gasteiger partial charge in [0.25, 0.3) is 11.8 Å². The van der Waals surface area contributed by atoms with Gasteiger partial charge in [0.1, 0.15) is 6.04 Å². The summed E-state index contributed by atoms with van der Waals surface area (Å²) < 4.78 is 0. The molecule has 0 aliphatic carbocycles. The summed E-state index contributed by atoms with van der Waals surface area (Å²) in [6, 6.07) is 24.7. The molecule has 0 aromatic heterocycles. The zero-order chi connectivity index (χ0) is 23.8. The first-order valence-corrected chi connectivity index (χ1v) is 11.7. The number of carbonyl (C=O) groups excluding carboxylic acids is 3. The molecule has 0 unspecified atom stereocenters. The summed E-state index contributed by atoms with van der Waals surface area (Å²) in [6.45, 7) is 1.42. The summed E-state index contributed by atoms with van der Waals surface area (Å²) in [5.74, 6) is -0.760. The molecule has 0 bridgehead atoms. The molecule has 6 heteroatoms. The van der Waals surface area contributed by atoms with Crippen molar-refractivity contribution >= 4 is 23.4 Å². The zero-order valence-corrected chi connectivity index (χ0v) is 19.1. The highest BCUT2D eigenvalue weighted by molar-refractivity contribution is 6.09. The summed E-state index contributed by atoms with van der Waals surface area (Å²) in [5.41, 5.74) is 2.19. The lowest BCUT2D eigenvalue weighted by Gasteiger charge is -2.31. The van der Waals surface area contributed by atoms with E-state index in [9.17, 15) is 14.4 Å². The fourth-order valence-corrected chi connectivity index (χ4v) is 4.19. The molecule has 3 amide bonds. The van der Waals surface area contributed by atoms with Crippen molar-refractivity contribution in [3.63, 3.8) is 0 Å². The molecule has 1 fully saturated rings. The number of carbonyl (C=O) groups is 3. The third-order valence-corrected chi connectivity index (χ3v) is 6.01. The number of hydrogen-bond acceptors (Lipinski definition) is 3. The van der Waals surface area contributed by atoms with Crippen LogP contribution in [0.5, 0.6) is 0 Å². The van der Waals surface area contributed by atoms with Crippen molar-refractivity contribution in [2.75, 3.05) is 18.4 Å². The van der Waals surface area contributed by atoms with Crippen LogP contribution in [-0.4, -0.2) is 41.8 Å². The highest BCUT2D eigenvalue weighted by Gasteiger charge is 2.28. The van der Waals surface area contributed by atoms with Gasteiger partial charge in [-0.2, -0.15) is 0 Å². The maximum absolute atomic E-state index is 13.4. The normalized spacial score (nSPS) is 14.2. The van der Waals surface area contributed by atoms with Crippen molar-refractivity contribution in [1.82, 2.24) is 10.2 Å². The third-order valence-electron chi connectivity index (χ3n) is 6.01. The number of amides is 3. The number of para-hydroxylation sites is 1. The van der Waals surface area contributed by atoms with Gasteiger partial charge in [-0.15, -0.1) is 0 Å². The van der Waals surface area contributed by atoms with Crippen molar-refractivity contribution in [3.05, 3.63) is 102 Å². The Morgan fingerprint density at radius 1 is 0.735 bits per heavy atom. The molecule has 0 spiro atoms. The van der Waals surface area contributed by atoms with Crippen molar-refractivity contribution in [2.45, 2.75) is 31.7 Å². The van der Waals surface area contributed by atoms with Crippen molar-refractivity contribution < 1.29 is 14.4 Å². The Hall–Kier alpha value is -3.93. The molecular weight excluding hydrogens is 426 g/mol. The molecule has 1 atom stereocenters. The molecular formula is C28H29N3O3. The molecule has 3 aromatic carbocycles. The van der Waals surface area contributed by atoms with E-state index < -0.39 is 11.9 Å². The van der Waals surface area contributed by atoms with Crippen LogP contribution in [0.25, 0.3) is 0 Å². The molecule has 1 saturated heterocycles. The van der Waals surface area contributed by atoms with Crippen LogP contribution in [0.1, 0.15) is 45.5 Å². The maximum atomic E-state index is 13.4. The first kappa shape index (κ1) is 23.2. The summed E-state index contributed by atoms with van der Waals surface area (Å²) in [5, 5.41) is 5.78. The zero-order valence-electron chi connectivity index (χ0n) is 19.1. The van der Waals surface area contributed by atoms with E-state index in [0.717, 1.165) is 24.8 Å². The number of rotatable bonds is 7. The van der Waals surface area contributed by atoms with Gasteiger partial charge >= 0.3 is 0 Å². The summed E-state index contributed by atoms with van der Waals surface area (Å²) in [6.07, 6.45) is 3.48. The lowest BCUT2D eigenvalue weighted by Crippen LogP contribution is -2.51. The fraction of sp³-hybridized carbons (Fsp3) is 0.250. The molecule has 1 aliphatic rings. The minimum atomic E-state index is -0.689. The van der Waals surface area contributed by atoms with Gasteiger partial charge in [-0.05, 0) is 49.1 Å². The molecule has 4 rings (SSSR count). The van der Waals surface area contributed by atoms with Crippen LogP contribution in [-0.2, 0) is 11.2 Å². The number of likely N-dealkylation sites (tertiary alicyclic amines) is 1. The quantitative estimate of drug-likeness (QED) is 0.558. The number of anilines is 1. The van der Waals surface area contributed by atoms with Crippen molar-refractivity contribution in [3.8, 4) is 0 Å². The van der Waals surface area contributed by atoms with E-state index in [-0.39, 0.29) is 11.8 Å². The predicted molar refractivity (Wildman–Crippen MR) is 133 cm³/mol. The second-order valence-corrected chi connectivity index (χ2v) is 8.47. The fourth-order valence-electron chi connectivity index (χ4n) is 4.19. The molecule has 2 N–H and O–H groups in total. The Morgan fingerprint density at radius 3 is 2.06 bits per heavy atom. The van der Waals surface area contributed by atoms with Crippen molar-refractivity contribution in [1.29, 1.82) is 0 Å². The topological polar surface area (TPSA) is 78.5 Å². The predicted octanol–water partition coefficient (Wildman–Crippen LogP) is 4.29. The molecule has 0 saturated carbocycles. The van der Waals surface area contributed by atoms with Gasteiger partial charge in [0, 0.05) is 25.1 Å². The molecule has 0 radical (unpaired) electrons. The van der Waals surface area contributed by atoms with Gasteiger partial charge in [0.2, 0.25) is 5.91 Å². The Balaban J connectivity index is 1.54. The standard InChI is InChI=1S/C28H29N3O3/c32-26(22-14-6-2-7-15-22)29-24-17-9-8-16-23(24)27(33)30-25(20-21-12-4-1-5-13-21)28(34)31-18-10-3-11-19-31/h1-2,4-9,12-17,25H,3,10-11,18-20H2,(H,29,32)(H,30,33)/t25-/m1/s1. The van der Waals surface area contributed by atoms with Crippen LogP contribution in [0.15, 0.2) is 84.9 Å². The molecule has 1 heterocycles. The summed E-state index contributed by atoms with van der Waals surface area (Å²) >= 11 is 0. The van der Waals surface area contributed by atoms with E-state index in [1.165, 1.54) is 0 Å². The van der Waals surface area contributed by atoms with Crippen LogP contribution in [0.4, 0.5) is 5.69 Å². The average molecular weight is 456 g/mol. The number of hydrogen-bond donors (Lipinski definition) is 2. The van der Waals surface area contributed by atoms with E-state index in [4.69, 9.17) is 0 Å². The van der Waals surface area contributed by atoms with Crippen molar-refractivity contribution in [2.24, 2.45) is 0 Å². The third kappa shape index (κ3) is 5.90. The second kappa shape index (κ2) is 11.3. The Bertz CT molecular complexity index is 1130. The van der Waals surface area contributed by atoms with Crippen LogP contribution >= 0.6 is 0 Å². The first-order valence-electron chi connectivity index (χ1n) is 11.7. The van der Waals surface area contributed by atoms with Gasteiger partial charge in [-0.25, -0.2) is 0 Å². The smallest absolute Gasteiger partial charge is 0.255 e. The first-order chi connectivity index (χ1) is 16.6. The second-order valence-electron chi connectivity index (χ2n) is 8.47. The van der Waals surface area contributed by atoms with E-state index >= 15 is 0 Å². The number of piperidine rings is 1. The van der Waals surface area contributed by atoms with E-state index in [0.29, 0.717) is 36.3 Å². The largest absolute Gasteiger partial charge is 0.341 e. The number of nitrogens with one attached hydrogen (secondary N) is 2. The maximum Gasteiger partial charge on any atom is 0.255 e. The Morgan fingerprint density at radius 2 is 1.35 bits per heavy atom. The van der Waals surface area contributed by atoms with Gasteiger partial charge in [-0.3, -0.25) is 14.4 Å². The highest BCUT2D eigenvalue weighted by Crippen LogP contribution is 2.18. The van der Waals surface area contributed by atoms with Gasteiger partial charge in [0.05, 0.1) is 11.3 Å². The lowest BCUT2D eigenvalue weighted by molar-refractivity contribution is -0.134. The molecule has 174 valence electrons. The monoisotopic (exact) mass is 455 g/mol. The average Bonchev–Trinajstić information content (AvgIpc) is 2.89.